The van der Waals surface area contributed by atoms with Gasteiger partial charge in [-0.05, 0) is 53.9 Å². The molecule has 0 spiro atoms. The number of nitrogens with one attached hydrogen (secondary N) is 1. The van der Waals surface area contributed by atoms with E-state index in [0.29, 0.717) is 5.92 Å². The SMILES string of the molecule is COC(C)(C)c1nc2c(s1)CCCC2CNC(C)(C)C. The molecule has 0 radical (unpaired) electrons. The smallest absolute Gasteiger partial charge is 0.125 e. The zero-order valence-electron chi connectivity index (χ0n) is 13.7. The van der Waals surface area contributed by atoms with E-state index in [0.717, 1.165) is 11.6 Å². The van der Waals surface area contributed by atoms with Crippen LogP contribution in [0.2, 0.25) is 0 Å². The Morgan fingerprint density at radius 2 is 2.00 bits per heavy atom. The first-order valence-electron chi connectivity index (χ1n) is 7.53. The van der Waals surface area contributed by atoms with Gasteiger partial charge in [-0.1, -0.05) is 0 Å². The third kappa shape index (κ3) is 3.60. The first kappa shape index (κ1) is 15.9. The van der Waals surface area contributed by atoms with Crippen LogP contribution in [0.25, 0.3) is 0 Å². The van der Waals surface area contributed by atoms with E-state index in [4.69, 9.17) is 9.72 Å². The summed E-state index contributed by atoms with van der Waals surface area (Å²) in [6.07, 6.45) is 3.70. The lowest BCUT2D eigenvalue weighted by molar-refractivity contribution is 0.0189. The molecule has 0 saturated heterocycles. The van der Waals surface area contributed by atoms with Gasteiger partial charge >= 0.3 is 0 Å². The molecule has 0 aromatic carbocycles. The molecular weight excluding hydrogens is 268 g/mol. The number of aryl methyl sites for hydroxylation is 1. The van der Waals surface area contributed by atoms with E-state index in [1.165, 1.54) is 29.8 Å². The summed E-state index contributed by atoms with van der Waals surface area (Å²) >= 11 is 1.84. The lowest BCUT2D eigenvalue weighted by Gasteiger charge is -2.27. The molecule has 1 atom stereocenters. The minimum atomic E-state index is -0.274. The molecule has 0 fully saturated rings. The Balaban J connectivity index is 2.19. The van der Waals surface area contributed by atoms with Crippen molar-refractivity contribution in [2.24, 2.45) is 0 Å². The summed E-state index contributed by atoms with van der Waals surface area (Å²) in [6, 6.07) is 0. The molecule has 2 rings (SSSR count). The molecule has 1 aliphatic carbocycles. The van der Waals surface area contributed by atoms with Crippen LogP contribution in [0.5, 0.6) is 0 Å². The van der Waals surface area contributed by atoms with Gasteiger partial charge in [0.05, 0.1) is 5.69 Å². The summed E-state index contributed by atoms with van der Waals surface area (Å²) in [7, 11) is 1.76. The van der Waals surface area contributed by atoms with Crippen molar-refractivity contribution in [3.8, 4) is 0 Å². The van der Waals surface area contributed by atoms with Crippen LogP contribution in [0, 0.1) is 0 Å². The lowest BCUT2D eigenvalue weighted by Crippen LogP contribution is -2.39. The number of hydrogen-bond donors (Lipinski definition) is 1. The molecule has 3 nitrogen and oxygen atoms in total. The maximum atomic E-state index is 5.58. The van der Waals surface area contributed by atoms with Crippen molar-refractivity contribution in [1.82, 2.24) is 10.3 Å². The summed E-state index contributed by atoms with van der Waals surface area (Å²) in [5.74, 6) is 0.552. The van der Waals surface area contributed by atoms with Crippen LogP contribution in [0.3, 0.4) is 0 Å². The highest BCUT2D eigenvalue weighted by Crippen LogP contribution is 2.38. The van der Waals surface area contributed by atoms with E-state index < -0.39 is 0 Å². The van der Waals surface area contributed by atoms with Crippen LogP contribution in [-0.4, -0.2) is 24.2 Å². The lowest BCUT2D eigenvalue weighted by atomic mass is 9.90. The molecule has 114 valence electrons. The van der Waals surface area contributed by atoms with Gasteiger partial charge in [-0.15, -0.1) is 11.3 Å². The number of ether oxygens (including phenoxy) is 1. The minimum absolute atomic E-state index is 0.169. The number of thiazole rings is 1. The monoisotopic (exact) mass is 296 g/mol. The molecule has 0 aliphatic heterocycles. The van der Waals surface area contributed by atoms with E-state index >= 15 is 0 Å². The largest absolute Gasteiger partial charge is 0.372 e. The van der Waals surface area contributed by atoms with E-state index in [1.54, 1.807) is 7.11 Å². The predicted molar refractivity (Wildman–Crippen MR) is 85.6 cm³/mol. The van der Waals surface area contributed by atoms with E-state index in [1.807, 2.05) is 11.3 Å². The van der Waals surface area contributed by atoms with E-state index in [-0.39, 0.29) is 11.1 Å². The number of fused-ring (bicyclic) bond motifs is 1. The fraction of sp³-hybridized carbons (Fsp3) is 0.812. The Labute approximate surface area is 127 Å². The second-order valence-corrected chi connectivity index (χ2v) is 8.35. The first-order chi connectivity index (χ1) is 9.23. The molecule has 0 amide bonds. The van der Waals surface area contributed by atoms with Gasteiger partial charge in [0.15, 0.2) is 0 Å². The Hall–Kier alpha value is -0.450. The number of nitrogens with zero attached hydrogens (tertiary/aromatic N) is 1. The Kier molecular flexibility index (Phi) is 4.57. The highest BCUT2D eigenvalue weighted by atomic mass is 32.1. The predicted octanol–water partition coefficient (Wildman–Crippen LogP) is 3.83. The highest BCUT2D eigenvalue weighted by Gasteiger charge is 2.30. The Bertz CT molecular complexity index is 460. The van der Waals surface area contributed by atoms with Crippen molar-refractivity contribution in [2.75, 3.05) is 13.7 Å². The van der Waals surface area contributed by atoms with E-state index in [9.17, 15) is 0 Å². The van der Waals surface area contributed by atoms with Crippen molar-refractivity contribution in [1.29, 1.82) is 0 Å². The number of hydrogen-bond acceptors (Lipinski definition) is 4. The highest BCUT2D eigenvalue weighted by molar-refractivity contribution is 7.11. The van der Waals surface area contributed by atoms with Crippen LogP contribution in [0.1, 0.15) is 69.0 Å². The van der Waals surface area contributed by atoms with Crippen molar-refractivity contribution in [3.05, 3.63) is 15.6 Å². The van der Waals surface area contributed by atoms with Crippen molar-refractivity contribution < 1.29 is 4.74 Å². The van der Waals surface area contributed by atoms with Crippen LogP contribution in [0.15, 0.2) is 0 Å². The summed E-state index contributed by atoms with van der Waals surface area (Å²) in [5, 5.41) is 4.75. The quantitative estimate of drug-likeness (QED) is 0.917. The Morgan fingerprint density at radius 1 is 1.30 bits per heavy atom. The number of rotatable bonds is 4. The molecular formula is C16H28N2OS. The van der Waals surface area contributed by atoms with Gasteiger partial charge in [0.25, 0.3) is 0 Å². The zero-order chi connectivity index (χ0) is 15.0. The topological polar surface area (TPSA) is 34.1 Å². The van der Waals surface area contributed by atoms with Gasteiger partial charge < -0.3 is 10.1 Å². The summed E-state index contributed by atoms with van der Waals surface area (Å²) in [4.78, 5) is 6.40. The maximum Gasteiger partial charge on any atom is 0.125 e. The van der Waals surface area contributed by atoms with Crippen LogP contribution in [-0.2, 0) is 16.8 Å². The zero-order valence-corrected chi connectivity index (χ0v) is 14.5. The normalized spacial score (nSPS) is 20.0. The van der Waals surface area contributed by atoms with Crippen molar-refractivity contribution in [3.63, 3.8) is 0 Å². The minimum Gasteiger partial charge on any atom is -0.372 e. The molecule has 1 unspecified atom stereocenters. The van der Waals surface area contributed by atoms with Crippen LogP contribution >= 0.6 is 11.3 Å². The average Bonchev–Trinajstić information content (AvgIpc) is 2.80. The molecule has 0 saturated carbocycles. The molecule has 20 heavy (non-hydrogen) atoms. The van der Waals surface area contributed by atoms with Gasteiger partial charge in [-0.3, -0.25) is 0 Å². The van der Waals surface area contributed by atoms with Crippen molar-refractivity contribution in [2.45, 2.75) is 70.9 Å². The summed E-state index contributed by atoms with van der Waals surface area (Å²) in [6.45, 7) is 11.9. The summed E-state index contributed by atoms with van der Waals surface area (Å²) < 4.78 is 5.58. The summed E-state index contributed by atoms with van der Waals surface area (Å²) in [5.41, 5.74) is 1.21. The number of aromatic nitrogens is 1. The fourth-order valence-corrected chi connectivity index (χ4v) is 3.75. The number of methoxy groups -OCH3 is 1. The third-order valence-electron chi connectivity index (χ3n) is 3.97. The molecule has 1 heterocycles. The van der Waals surface area contributed by atoms with Gasteiger partial charge in [0, 0.05) is 30.0 Å². The third-order valence-corrected chi connectivity index (χ3v) is 5.41. The van der Waals surface area contributed by atoms with E-state index in [2.05, 4.69) is 39.9 Å². The van der Waals surface area contributed by atoms with Crippen LogP contribution in [0.4, 0.5) is 0 Å². The van der Waals surface area contributed by atoms with Crippen molar-refractivity contribution >= 4 is 11.3 Å². The maximum absolute atomic E-state index is 5.58. The van der Waals surface area contributed by atoms with Gasteiger partial charge in [0.2, 0.25) is 0 Å². The van der Waals surface area contributed by atoms with Crippen LogP contribution < -0.4 is 5.32 Å². The first-order valence-corrected chi connectivity index (χ1v) is 8.35. The fourth-order valence-electron chi connectivity index (χ4n) is 2.48. The van der Waals surface area contributed by atoms with Gasteiger partial charge in [0.1, 0.15) is 10.6 Å². The molecule has 0 bridgehead atoms. The molecule has 4 heteroatoms. The molecule has 1 aromatic rings. The second-order valence-electron chi connectivity index (χ2n) is 7.26. The second kappa shape index (κ2) is 5.74. The average molecular weight is 296 g/mol. The molecule has 1 N–H and O–H groups in total. The molecule has 1 aromatic heterocycles. The van der Waals surface area contributed by atoms with Gasteiger partial charge in [-0.2, -0.15) is 0 Å². The Morgan fingerprint density at radius 3 is 2.60 bits per heavy atom. The standard InChI is InChI=1S/C16H28N2OS/c1-15(2,3)17-10-11-8-7-9-12-13(11)18-14(20-12)16(4,5)19-6/h11,17H,7-10H2,1-6H3. The molecule has 1 aliphatic rings. The van der Waals surface area contributed by atoms with Gasteiger partial charge in [-0.25, -0.2) is 4.98 Å².